The molecule has 1 aliphatic heterocycles. The SMILES string of the molecule is COC(=O)[C@H](Cc1ccc(F)cc1)NC(=O)[C@H](C)[C@@H](OC)C1CCCN1C(=O)O. The van der Waals surface area contributed by atoms with Gasteiger partial charge < -0.3 is 24.8 Å². The average molecular weight is 410 g/mol. The number of carbonyl (C=O) groups is 3. The third-order valence-electron chi connectivity index (χ3n) is 5.26. The zero-order valence-electron chi connectivity index (χ0n) is 16.8. The predicted molar refractivity (Wildman–Crippen MR) is 102 cm³/mol. The summed E-state index contributed by atoms with van der Waals surface area (Å²) in [6.45, 7) is 2.03. The number of benzene rings is 1. The van der Waals surface area contributed by atoms with Crippen molar-refractivity contribution >= 4 is 18.0 Å². The summed E-state index contributed by atoms with van der Waals surface area (Å²) in [6.07, 6.45) is -0.282. The number of nitrogens with one attached hydrogen (secondary N) is 1. The van der Waals surface area contributed by atoms with Crippen LogP contribution in [0, 0.1) is 11.7 Å². The number of halogens is 1. The van der Waals surface area contributed by atoms with E-state index in [1.54, 1.807) is 6.92 Å². The molecule has 0 aromatic heterocycles. The quantitative estimate of drug-likeness (QED) is 0.634. The van der Waals surface area contributed by atoms with E-state index in [1.165, 1.54) is 43.4 Å². The Morgan fingerprint density at radius 1 is 1.28 bits per heavy atom. The standard InChI is InChI=1S/C20H27FN2O6/c1-12(17(28-2)16-5-4-10-23(16)20(26)27)18(24)22-15(19(25)29-3)11-13-6-8-14(21)9-7-13/h6-9,12,15-17H,4-5,10-11H2,1-3H3,(H,22,24)(H,26,27)/t12-,15+,16?,17-/m1/s1. The first-order chi connectivity index (χ1) is 13.8. The molecular weight excluding hydrogens is 383 g/mol. The predicted octanol–water partition coefficient (Wildman–Crippen LogP) is 1.82. The number of amides is 2. The van der Waals surface area contributed by atoms with E-state index in [0.717, 1.165) is 0 Å². The monoisotopic (exact) mass is 410 g/mol. The fourth-order valence-corrected chi connectivity index (χ4v) is 3.71. The Bertz CT molecular complexity index is 726. The summed E-state index contributed by atoms with van der Waals surface area (Å²) in [7, 11) is 2.65. The van der Waals surface area contributed by atoms with Gasteiger partial charge in [0.25, 0.3) is 0 Å². The highest BCUT2D eigenvalue weighted by molar-refractivity contribution is 5.86. The zero-order chi connectivity index (χ0) is 21.6. The molecule has 1 fully saturated rings. The van der Waals surface area contributed by atoms with Gasteiger partial charge in [-0.1, -0.05) is 19.1 Å². The zero-order valence-corrected chi connectivity index (χ0v) is 16.8. The molecule has 1 unspecified atom stereocenters. The Labute approximate surface area is 169 Å². The minimum absolute atomic E-state index is 0.133. The van der Waals surface area contributed by atoms with Gasteiger partial charge in [-0.25, -0.2) is 14.0 Å². The molecule has 8 nitrogen and oxygen atoms in total. The molecule has 160 valence electrons. The molecule has 1 aromatic carbocycles. The molecule has 0 bridgehead atoms. The van der Waals surface area contributed by atoms with Crippen LogP contribution < -0.4 is 5.32 Å². The van der Waals surface area contributed by atoms with E-state index in [9.17, 15) is 23.9 Å². The second-order valence-electron chi connectivity index (χ2n) is 7.09. The van der Waals surface area contributed by atoms with Crippen molar-refractivity contribution in [3.8, 4) is 0 Å². The van der Waals surface area contributed by atoms with Crippen molar-refractivity contribution in [1.29, 1.82) is 0 Å². The number of likely N-dealkylation sites (tertiary alicyclic amines) is 1. The summed E-state index contributed by atoms with van der Waals surface area (Å²) in [5.74, 6) is -2.18. The first-order valence-corrected chi connectivity index (χ1v) is 9.43. The van der Waals surface area contributed by atoms with E-state index in [0.29, 0.717) is 24.9 Å². The van der Waals surface area contributed by atoms with Gasteiger partial charge in [0.1, 0.15) is 11.9 Å². The Balaban J connectivity index is 2.11. The van der Waals surface area contributed by atoms with Crippen LogP contribution in [0.3, 0.4) is 0 Å². The van der Waals surface area contributed by atoms with E-state index < -0.39 is 47.9 Å². The third kappa shape index (κ3) is 5.66. The molecule has 9 heteroatoms. The number of hydrogen-bond acceptors (Lipinski definition) is 5. The van der Waals surface area contributed by atoms with Crippen LogP contribution in [0.1, 0.15) is 25.3 Å². The summed E-state index contributed by atoms with van der Waals surface area (Å²) in [5, 5.41) is 12.0. The molecule has 2 amide bonds. The van der Waals surface area contributed by atoms with E-state index in [2.05, 4.69) is 5.32 Å². The third-order valence-corrected chi connectivity index (χ3v) is 5.26. The fourth-order valence-electron chi connectivity index (χ4n) is 3.71. The molecule has 4 atom stereocenters. The molecule has 0 spiro atoms. The highest BCUT2D eigenvalue weighted by Gasteiger charge is 2.40. The van der Waals surface area contributed by atoms with Gasteiger partial charge >= 0.3 is 12.1 Å². The smallest absolute Gasteiger partial charge is 0.407 e. The normalized spacial score (nSPS) is 19.3. The van der Waals surface area contributed by atoms with Crippen LogP contribution in [0.4, 0.5) is 9.18 Å². The van der Waals surface area contributed by atoms with Crippen molar-refractivity contribution in [2.24, 2.45) is 5.92 Å². The molecule has 29 heavy (non-hydrogen) atoms. The maximum Gasteiger partial charge on any atom is 0.407 e. The second-order valence-corrected chi connectivity index (χ2v) is 7.09. The number of carbonyl (C=O) groups excluding carboxylic acids is 2. The van der Waals surface area contributed by atoms with Gasteiger partial charge in [0.2, 0.25) is 5.91 Å². The summed E-state index contributed by atoms with van der Waals surface area (Å²) in [6, 6.07) is 4.21. The van der Waals surface area contributed by atoms with E-state index in [4.69, 9.17) is 9.47 Å². The Morgan fingerprint density at radius 2 is 1.93 bits per heavy atom. The number of esters is 1. The largest absolute Gasteiger partial charge is 0.467 e. The number of ether oxygens (including phenoxy) is 2. The summed E-state index contributed by atoms with van der Waals surface area (Å²) in [5.41, 5.74) is 0.658. The van der Waals surface area contributed by atoms with Crippen LogP contribution in [-0.4, -0.2) is 66.9 Å². The molecular formula is C20H27FN2O6. The minimum atomic E-state index is -1.05. The minimum Gasteiger partial charge on any atom is -0.467 e. The Hall–Kier alpha value is -2.68. The van der Waals surface area contributed by atoms with Crippen molar-refractivity contribution in [3.05, 3.63) is 35.6 Å². The maximum absolute atomic E-state index is 13.1. The summed E-state index contributed by atoms with van der Waals surface area (Å²) in [4.78, 5) is 37.7. The molecule has 2 N–H and O–H groups in total. The van der Waals surface area contributed by atoms with Crippen LogP contribution >= 0.6 is 0 Å². The number of carboxylic acid groups (broad SMARTS) is 1. The Morgan fingerprint density at radius 3 is 2.48 bits per heavy atom. The van der Waals surface area contributed by atoms with E-state index in [-0.39, 0.29) is 6.42 Å². The van der Waals surface area contributed by atoms with Gasteiger partial charge in [-0.3, -0.25) is 4.79 Å². The highest BCUT2D eigenvalue weighted by Crippen LogP contribution is 2.26. The van der Waals surface area contributed by atoms with Gasteiger partial charge in [-0.05, 0) is 30.5 Å². The first kappa shape index (κ1) is 22.6. The topological polar surface area (TPSA) is 105 Å². The molecule has 1 saturated heterocycles. The average Bonchev–Trinajstić information content (AvgIpc) is 3.18. The van der Waals surface area contributed by atoms with Gasteiger partial charge in [-0.2, -0.15) is 0 Å². The Kier molecular flexibility index (Phi) is 7.95. The molecule has 2 rings (SSSR count). The molecule has 1 aliphatic rings. The van der Waals surface area contributed by atoms with Crippen LogP contribution in [0.5, 0.6) is 0 Å². The van der Waals surface area contributed by atoms with Crippen LogP contribution in [0.15, 0.2) is 24.3 Å². The lowest BCUT2D eigenvalue weighted by molar-refractivity contribution is -0.146. The number of rotatable bonds is 8. The maximum atomic E-state index is 13.1. The molecule has 0 aliphatic carbocycles. The lowest BCUT2D eigenvalue weighted by Crippen LogP contribution is -2.52. The van der Waals surface area contributed by atoms with Crippen molar-refractivity contribution in [1.82, 2.24) is 10.2 Å². The number of hydrogen-bond donors (Lipinski definition) is 2. The second kappa shape index (κ2) is 10.2. The number of nitrogens with zero attached hydrogens (tertiary/aromatic N) is 1. The van der Waals surface area contributed by atoms with Crippen LogP contribution in [-0.2, 0) is 25.5 Å². The first-order valence-electron chi connectivity index (χ1n) is 9.43. The van der Waals surface area contributed by atoms with Gasteiger partial charge in [0.15, 0.2) is 0 Å². The molecule has 0 saturated carbocycles. The fraction of sp³-hybridized carbons (Fsp3) is 0.550. The highest BCUT2D eigenvalue weighted by atomic mass is 19.1. The molecule has 1 heterocycles. The summed E-state index contributed by atoms with van der Waals surface area (Å²) < 4.78 is 23.4. The number of methoxy groups -OCH3 is 2. The van der Waals surface area contributed by atoms with Crippen LogP contribution in [0.2, 0.25) is 0 Å². The molecule has 1 aromatic rings. The van der Waals surface area contributed by atoms with Gasteiger partial charge in [-0.15, -0.1) is 0 Å². The van der Waals surface area contributed by atoms with Crippen molar-refractivity contribution in [2.45, 2.75) is 44.4 Å². The van der Waals surface area contributed by atoms with Crippen molar-refractivity contribution in [3.63, 3.8) is 0 Å². The van der Waals surface area contributed by atoms with Crippen LogP contribution in [0.25, 0.3) is 0 Å². The van der Waals surface area contributed by atoms with Gasteiger partial charge in [0, 0.05) is 20.1 Å². The van der Waals surface area contributed by atoms with Gasteiger partial charge in [0.05, 0.1) is 25.2 Å². The molecule has 0 radical (unpaired) electrons. The lowest BCUT2D eigenvalue weighted by Gasteiger charge is -2.32. The lowest BCUT2D eigenvalue weighted by atomic mass is 9.94. The summed E-state index contributed by atoms with van der Waals surface area (Å²) >= 11 is 0. The van der Waals surface area contributed by atoms with Crippen molar-refractivity contribution < 1.29 is 33.4 Å². The van der Waals surface area contributed by atoms with E-state index >= 15 is 0 Å². The van der Waals surface area contributed by atoms with E-state index in [1.807, 2.05) is 0 Å². The van der Waals surface area contributed by atoms with Crippen molar-refractivity contribution in [2.75, 3.05) is 20.8 Å².